The predicted molar refractivity (Wildman–Crippen MR) is 79.4 cm³/mol. The van der Waals surface area contributed by atoms with E-state index in [9.17, 15) is 4.79 Å². The van der Waals surface area contributed by atoms with Crippen molar-refractivity contribution in [1.82, 2.24) is 9.88 Å². The van der Waals surface area contributed by atoms with Gasteiger partial charge >= 0.3 is 0 Å². The van der Waals surface area contributed by atoms with Crippen molar-refractivity contribution in [2.24, 2.45) is 5.41 Å². The minimum Gasteiger partial charge on any atom is -0.384 e. The summed E-state index contributed by atoms with van der Waals surface area (Å²) >= 11 is 0. The Kier molecular flexibility index (Phi) is 5.18. The van der Waals surface area contributed by atoms with Crippen LogP contribution in [-0.4, -0.2) is 28.9 Å². The first-order valence-electron chi connectivity index (χ1n) is 6.50. The van der Waals surface area contributed by atoms with Crippen LogP contribution in [0, 0.1) is 5.41 Å². The minimum atomic E-state index is 0. The van der Waals surface area contributed by atoms with Crippen LogP contribution in [0.25, 0.3) is 0 Å². The van der Waals surface area contributed by atoms with Gasteiger partial charge in [0.25, 0.3) is 5.91 Å². The minimum absolute atomic E-state index is 0. The van der Waals surface area contributed by atoms with Crippen molar-refractivity contribution >= 4 is 24.1 Å². The third-order valence-electron chi connectivity index (χ3n) is 3.62. The molecule has 2 rings (SSSR count). The molecule has 1 saturated heterocycles. The highest BCUT2D eigenvalue weighted by atomic mass is 35.5. The number of aromatic nitrogens is 1. The van der Waals surface area contributed by atoms with Crippen LogP contribution in [0.5, 0.6) is 0 Å². The van der Waals surface area contributed by atoms with E-state index in [0.29, 0.717) is 16.9 Å². The van der Waals surface area contributed by atoms with Crippen molar-refractivity contribution < 1.29 is 4.79 Å². The highest BCUT2D eigenvalue weighted by molar-refractivity contribution is 5.92. The zero-order valence-corrected chi connectivity index (χ0v) is 12.4. The molecular formula is C14H22ClN3O. The maximum absolute atomic E-state index is 12.3. The predicted octanol–water partition coefficient (Wildman–Crippen LogP) is 2.74. The zero-order chi connectivity index (χ0) is 13.2. The van der Waals surface area contributed by atoms with Crippen LogP contribution in [0.4, 0.5) is 5.82 Å². The van der Waals surface area contributed by atoms with E-state index in [1.165, 1.54) is 6.42 Å². The molecule has 2 heterocycles. The summed E-state index contributed by atoms with van der Waals surface area (Å²) < 4.78 is 0. The monoisotopic (exact) mass is 283 g/mol. The van der Waals surface area contributed by atoms with E-state index in [2.05, 4.69) is 18.8 Å². The Balaban J connectivity index is 0.00000180. The maximum atomic E-state index is 12.3. The first kappa shape index (κ1) is 15.8. The summed E-state index contributed by atoms with van der Waals surface area (Å²) in [5.41, 5.74) is 6.40. The maximum Gasteiger partial charge on any atom is 0.272 e. The van der Waals surface area contributed by atoms with Gasteiger partial charge < -0.3 is 10.6 Å². The Labute approximate surface area is 120 Å². The molecule has 0 radical (unpaired) electrons. The van der Waals surface area contributed by atoms with Crippen molar-refractivity contribution in [3.8, 4) is 0 Å². The largest absolute Gasteiger partial charge is 0.384 e. The smallest absolute Gasteiger partial charge is 0.272 e. The molecule has 1 aromatic heterocycles. The van der Waals surface area contributed by atoms with Crippen molar-refractivity contribution in [3.63, 3.8) is 0 Å². The number of nitrogens with two attached hydrogens (primary N) is 1. The topological polar surface area (TPSA) is 59.2 Å². The van der Waals surface area contributed by atoms with Gasteiger partial charge in [-0.15, -0.1) is 12.4 Å². The number of anilines is 1. The normalized spacial score (nSPS) is 18.3. The summed E-state index contributed by atoms with van der Waals surface area (Å²) in [6.45, 7) is 6.15. The fraction of sp³-hybridized carbons (Fsp3) is 0.571. The number of carbonyl (C=O) groups is 1. The number of rotatable bonds is 1. The third-order valence-corrected chi connectivity index (χ3v) is 3.62. The SMILES string of the molecule is CC1(C)CCCN(C(=O)c2cccc(N)n2)CC1.Cl. The number of hydrogen-bond acceptors (Lipinski definition) is 3. The van der Waals surface area contributed by atoms with Gasteiger partial charge in [-0.3, -0.25) is 4.79 Å². The lowest BCUT2D eigenvalue weighted by atomic mass is 9.85. The second-order valence-electron chi connectivity index (χ2n) is 5.76. The Morgan fingerprint density at radius 3 is 2.74 bits per heavy atom. The molecule has 1 aliphatic heterocycles. The van der Waals surface area contributed by atoms with E-state index in [0.717, 1.165) is 25.9 Å². The van der Waals surface area contributed by atoms with Gasteiger partial charge in [0, 0.05) is 13.1 Å². The van der Waals surface area contributed by atoms with Crippen LogP contribution in [0.1, 0.15) is 43.6 Å². The standard InChI is InChI=1S/C14H21N3O.ClH/c1-14(2)7-4-9-17(10-8-14)13(18)11-5-3-6-12(15)16-11;/h3,5-6H,4,7-10H2,1-2H3,(H2,15,16);1H. The van der Waals surface area contributed by atoms with E-state index in [4.69, 9.17) is 5.73 Å². The lowest BCUT2D eigenvalue weighted by molar-refractivity contribution is 0.0751. The molecule has 2 N–H and O–H groups in total. The van der Waals surface area contributed by atoms with Gasteiger partial charge in [-0.1, -0.05) is 19.9 Å². The molecule has 1 fully saturated rings. The summed E-state index contributed by atoms with van der Waals surface area (Å²) in [6, 6.07) is 5.20. The summed E-state index contributed by atoms with van der Waals surface area (Å²) in [6.07, 6.45) is 3.27. The molecule has 19 heavy (non-hydrogen) atoms. The lowest BCUT2D eigenvalue weighted by Crippen LogP contribution is -2.33. The van der Waals surface area contributed by atoms with Gasteiger partial charge in [0.2, 0.25) is 0 Å². The molecule has 106 valence electrons. The van der Waals surface area contributed by atoms with E-state index in [-0.39, 0.29) is 18.3 Å². The van der Waals surface area contributed by atoms with Gasteiger partial charge in [-0.2, -0.15) is 0 Å². The van der Waals surface area contributed by atoms with E-state index in [1.54, 1.807) is 18.2 Å². The van der Waals surface area contributed by atoms with Gasteiger partial charge in [0.15, 0.2) is 0 Å². The third kappa shape index (κ3) is 4.10. The van der Waals surface area contributed by atoms with Crippen LogP contribution in [0.15, 0.2) is 18.2 Å². The lowest BCUT2D eigenvalue weighted by Gasteiger charge is -2.23. The zero-order valence-electron chi connectivity index (χ0n) is 11.6. The van der Waals surface area contributed by atoms with Gasteiger partial charge in [-0.25, -0.2) is 4.98 Å². The summed E-state index contributed by atoms with van der Waals surface area (Å²) in [5.74, 6) is 0.399. The van der Waals surface area contributed by atoms with Crippen molar-refractivity contribution in [2.75, 3.05) is 18.8 Å². The molecule has 0 aliphatic carbocycles. The number of amides is 1. The average molecular weight is 284 g/mol. The molecule has 0 spiro atoms. The van der Waals surface area contributed by atoms with Crippen LogP contribution < -0.4 is 5.73 Å². The molecule has 1 aliphatic rings. The average Bonchev–Trinajstić information content (AvgIpc) is 2.49. The molecule has 1 amide bonds. The van der Waals surface area contributed by atoms with E-state index >= 15 is 0 Å². The summed E-state index contributed by atoms with van der Waals surface area (Å²) in [5, 5.41) is 0. The van der Waals surface area contributed by atoms with Crippen molar-refractivity contribution in [3.05, 3.63) is 23.9 Å². The molecule has 0 atom stereocenters. The second-order valence-corrected chi connectivity index (χ2v) is 5.76. The van der Waals surface area contributed by atoms with Gasteiger partial charge in [0.05, 0.1) is 0 Å². The van der Waals surface area contributed by atoms with Crippen LogP contribution in [0.3, 0.4) is 0 Å². The molecule has 0 saturated carbocycles. The van der Waals surface area contributed by atoms with Gasteiger partial charge in [0.1, 0.15) is 11.5 Å². The van der Waals surface area contributed by atoms with E-state index < -0.39 is 0 Å². The summed E-state index contributed by atoms with van der Waals surface area (Å²) in [7, 11) is 0. The van der Waals surface area contributed by atoms with Crippen LogP contribution >= 0.6 is 12.4 Å². The first-order valence-corrected chi connectivity index (χ1v) is 6.50. The number of hydrogen-bond donors (Lipinski definition) is 1. The first-order chi connectivity index (χ1) is 8.48. The molecule has 5 heteroatoms. The highest BCUT2D eigenvalue weighted by Gasteiger charge is 2.26. The molecule has 4 nitrogen and oxygen atoms in total. The Morgan fingerprint density at radius 2 is 2.05 bits per heavy atom. The number of halogens is 1. The quantitative estimate of drug-likeness (QED) is 0.862. The molecular weight excluding hydrogens is 262 g/mol. The van der Waals surface area contributed by atoms with Crippen LogP contribution in [-0.2, 0) is 0 Å². The number of nitrogen functional groups attached to an aromatic ring is 1. The Morgan fingerprint density at radius 1 is 1.32 bits per heavy atom. The number of likely N-dealkylation sites (tertiary alicyclic amines) is 1. The number of nitrogens with zero attached hydrogens (tertiary/aromatic N) is 2. The highest BCUT2D eigenvalue weighted by Crippen LogP contribution is 2.30. The number of pyridine rings is 1. The number of carbonyl (C=O) groups excluding carboxylic acids is 1. The summed E-state index contributed by atoms with van der Waals surface area (Å²) in [4.78, 5) is 18.3. The van der Waals surface area contributed by atoms with E-state index in [1.807, 2.05) is 4.90 Å². The second kappa shape index (κ2) is 6.24. The molecule has 0 aromatic carbocycles. The van der Waals surface area contributed by atoms with Crippen LogP contribution in [0.2, 0.25) is 0 Å². The molecule has 1 aromatic rings. The fourth-order valence-electron chi connectivity index (χ4n) is 2.36. The van der Waals surface area contributed by atoms with Crippen molar-refractivity contribution in [2.45, 2.75) is 33.1 Å². The fourth-order valence-corrected chi connectivity index (χ4v) is 2.36. The Hall–Kier alpha value is -1.29. The molecule has 0 unspecified atom stereocenters. The molecule has 0 bridgehead atoms. The van der Waals surface area contributed by atoms with Crippen molar-refractivity contribution in [1.29, 1.82) is 0 Å². The van der Waals surface area contributed by atoms with Gasteiger partial charge in [-0.05, 0) is 36.8 Å². The Bertz CT molecular complexity index is 448.